The number of benzene rings is 1. The van der Waals surface area contributed by atoms with Crippen molar-refractivity contribution in [2.24, 2.45) is 0 Å². The van der Waals surface area contributed by atoms with E-state index in [-0.39, 0.29) is 5.92 Å². The first-order chi connectivity index (χ1) is 7.22. The summed E-state index contributed by atoms with van der Waals surface area (Å²) in [7, 11) is 0. The smallest absolute Gasteiger partial charge is 0.119 e. The Kier molecular flexibility index (Phi) is 4.60. The molecular weight excluding hydrogens is 191 g/mol. The Labute approximate surface area is 91.3 Å². The number of aryl methyl sites for hydroxylation is 1. The van der Waals surface area contributed by atoms with Crippen LogP contribution in [0.4, 0.5) is 4.39 Å². The highest BCUT2D eigenvalue weighted by molar-refractivity contribution is 5.38. The van der Waals surface area contributed by atoms with Crippen molar-refractivity contribution in [3.05, 3.63) is 36.2 Å². The first-order valence-electron chi connectivity index (χ1n) is 5.37. The zero-order chi connectivity index (χ0) is 11.3. The van der Waals surface area contributed by atoms with Gasteiger partial charge in [-0.3, -0.25) is 4.39 Å². The summed E-state index contributed by atoms with van der Waals surface area (Å²) in [5.74, 6) is 0.507. The molecule has 0 spiro atoms. The maximum atomic E-state index is 12.6. The Morgan fingerprint density at radius 1 is 1.40 bits per heavy atom. The van der Waals surface area contributed by atoms with E-state index in [1.54, 1.807) is 0 Å². The quantitative estimate of drug-likeness (QED) is 0.720. The third-order valence-electron chi connectivity index (χ3n) is 2.44. The van der Waals surface area contributed by atoms with Gasteiger partial charge in [-0.05, 0) is 43.5 Å². The molecular formula is C13H18FO. The molecule has 0 aliphatic heterocycles. The van der Waals surface area contributed by atoms with Crippen LogP contribution < -0.4 is 4.74 Å². The SMILES string of the molecule is [CH2]C(CF)c1cc(OCC)ccc1CC. The number of hydrogen-bond acceptors (Lipinski definition) is 1. The molecule has 0 heterocycles. The van der Waals surface area contributed by atoms with Crippen molar-refractivity contribution in [3.63, 3.8) is 0 Å². The molecule has 0 N–H and O–H groups in total. The largest absolute Gasteiger partial charge is 0.494 e. The highest BCUT2D eigenvalue weighted by Gasteiger charge is 2.10. The maximum absolute atomic E-state index is 12.6. The van der Waals surface area contributed by atoms with Crippen LogP contribution in [0.3, 0.4) is 0 Å². The molecule has 2 heteroatoms. The molecule has 1 nitrogen and oxygen atoms in total. The van der Waals surface area contributed by atoms with Gasteiger partial charge >= 0.3 is 0 Å². The number of ether oxygens (including phenoxy) is 1. The summed E-state index contributed by atoms with van der Waals surface area (Å²) < 4.78 is 18.0. The van der Waals surface area contributed by atoms with E-state index in [0.717, 1.165) is 23.3 Å². The van der Waals surface area contributed by atoms with E-state index in [0.29, 0.717) is 6.61 Å². The van der Waals surface area contributed by atoms with E-state index in [9.17, 15) is 4.39 Å². The molecule has 0 fully saturated rings. The van der Waals surface area contributed by atoms with Crippen molar-refractivity contribution in [1.82, 2.24) is 0 Å². The predicted molar refractivity (Wildman–Crippen MR) is 61.1 cm³/mol. The molecule has 1 aromatic carbocycles. The fourth-order valence-corrected chi connectivity index (χ4v) is 1.61. The van der Waals surface area contributed by atoms with Gasteiger partial charge in [-0.25, -0.2) is 0 Å². The van der Waals surface area contributed by atoms with Gasteiger partial charge in [-0.2, -0.15) is 0 Å². The van der Waals surface area contributed by atoms with Gasteiger partial charge in [-0.1, -0.05) is 13.0 Å². The van der Waals surface area contributed by atoms with Crippen molar-refractivity contribution in [2.45, 2.75) is 26.2 Å². The molecule has 1 aromatic rings. The molecule has 0 amide bonds. The minimum atomic E-state index is -0.428. The summed E-state index contributed by atoms with van der Waals surface area (Å²) in [6.45, 7) is 8.00. The molecule has 0 saturated heterocycles. The Morgan fingerprint density at radius 2 is 2.13 bits per heavy atom. The summed E-state index contributed by atoms with van der Waals surface area (Å²) in [6.07, 6.45) is 0.897. The van der Waals surface area contributed by atoms with Crippen LogP contribution >= 0.6 is 0 Å². The van der Waals surface area contributed by atoms with E-state index in [4.69, 9.17) is 4.74 Å². The Hall–Kier alpha value is -1.05. The third-order valence-corrected chi connectivity index (χ3v) is 2.44. The summed E-state index contributed by atoms with van der Waals surface area (Å²) >= 11 is 0. The van der Waals surface area contributed by atoms with Gasteiger partial charge in [0.05, 0.1) is 13.3 Å². The van der Waals surface area contributed by atoms with Crippen LogP contribution in [0.2, 0.25) is 0 Å². The van der Waals surface area contributed by atoms with Crippen molar-refractivity contribution in [1.29, 1.82) is 0 Å². The van der Waals surface area contributed by atoms with Gasteiger partial charge in [0.1, 0.15) is 5.75 Å². The van der Waals surface area contributed by atoms with Gasteiger partial charge in [0.25, 0.3) is 0 Å². The minimum Gasteiger partial charge on any atom is -0.494 e. The van der Waals surface area contributed by atoms with Crippen LogP contribution in [0.1, 0.15) is 30.9 Å². The number of hydrogen-bond donors (Lipinski definition) is 0. The molecule has 1 rings (SSSR count). The van der Waals surface area contributed by atoms with Crippen LogP contribution in [0.15, 0.2) is 18.2 Å². The van der Waals surface area contributed by atoms with Gasteiger partial charge in [0.2, 0.25) is 0 Å². The number of alkyl halides is 1. The first-order valence-corrected chi connectivity index (χ1v) is 5.37. The molecule has 0 aliphatic rings. The monoisotopic (exact) mass is 209 g/mol. The fraction of sp³-hybridized carbons (Fsp3) is 0.462. The van der Waals surface area contributed by atoms with Crippen LogP contribution in [0.25, 0.3) is 0 Å². The molecule has 0 saturated carbocycles. The van der Waals surface area contributed by atoms with Crippen molar-refractivity contribution in [2.75, 3.05) is 13.3 Å². The molecule has 83 valence electrons. The zero-order valence-corrected chi connectivity index (χ0v) is 9.42. The first kappa shape index (κ1) is 12.0. The van der Waals surface area contributed by atoms with Gasteiger partial charge < -0.3 is 4.74 Å². The number of rotatable bonds is 5. The normalized spacial score (nSPS) is 12.5. The lowest BCUT2D eigenvalue weighted by Crippen LogP contribution is -2.02. The summed E-state index contributed by atoms with van der Waals surface area (Å²) in [6, 6.07) is 5.82. The summed E-state index contributed by atoms with van der Waals surface area (Å²) in [4.78, 5) is 0. The second-order valence-electron chi connectivity index (χ2n) is 3.50. The highest BCUT2D eigenvalue weighted by Crippen LogP contribution is 2.25. The molecule has 15 heavy (non-hydrogen) atoms. The van der Waals surface area contributed by atoms with Crippen molar-refractivity contribution < 1.29 is 9.13 Å². The Balaban J connectivity index is 3.01. The van der Waals surface area contributed by atoms with E-state index in [2.05, 4.69) is 13.8 Å². The molecule has 0 bridgehead atoms. The van der Waals surface area contributed by atoms with Crippen LogP contribution in [-0.4, -0.2) is 13.3 Å². The van der Waals surface area contributed by atoms with E-state index < -0.39 is 6.67 Å². The lowest BCUT2D eigenvalue weighted by atomic mass is 9.95. The van der Waals surface area contributed by atoms with E-state index in [1.807, 2.05) is 25.1 Å². The molecule has 0 aliphatic carbocycles. The summed E-state index contributed by atoms with van der Waals surface area (Å²) in [5, 5.41) is 0. The van der Waals surface area contributed by atoms with Crippen LogP contribution in [-0.2, 0) is 6.42 Å². The topological polar surface area (TPSA) is 9.23 Å². The average Bonchev–Trinajstić information content (AvgIpc) is 2.28. The van der Waals surface area contributed by atoms with Gasteiger partial charge in [0.15, 0.2) is 0 Å². The number of halogens is 1. The highest BCUT2D eigenvalue weighted by atomic mass is 19.1. The lowest BCUT2D eigenvalue weighted by molar-refractivity contribution is 0.339. The second kappa shape index (κ2) is 5.74. The Morgan fingerprint density at radius 3 is 2.67 bits per heavy atom. The third kappa shape index (κ3) is 2.95. The minimum absolute atomic E-state index is 0.291. The van der Waals surface area contributed by atoms with E-state index in [1.165, 1.54) is 0 Å². The van der Waals surface area contributed by atoms with E-state index >= 15 is 0 Å². The molecule has 1 radical (unpaired) electrons. The molecule has 0 aromatic heterocycles. The zero-order valence-electron chi connectivity index (χ0n) is 9.42. The lowest BCUT2D eigenvalue weighted by Gasteiger charge is -2.14. The maximum Gasteiger partial charge on any atom is 0.119 e. The predicted octanol–water partition coefficient (Wildman–Crippen LogP) is 3.53. The summed E-state index contributed by atoms with van der Waals surface area (Å²) in [5.41, 5.74) is 2.11. The van der Waals surface area contributed by atoms with Gasteiger partial charge in [0, 0.05) is 5.92 Å². The van der Waals surface area contributed by atoms with Crippen LogP contribution in [0, 0.1) is 6.92 Å². The fourth-order valence-electron chi connectivity index (χ4n) is 1.61. The molecule has 1 atom stereocenters. The van der Waals surface area contributed by atoms with Crippen molar-refractivity contribution >= 4 is 0 Å². The van der Waals surface area contributed by atoms with Gasteiger partial charge in [-0.15, -0.1) is 0 Å². The molecule has 1 unspecified atom stereocenters. The Bertz CT molecular complexity index is 309. The average molecular weight is 209 g/mol. The van der Waals surface area contributed by atoms with Crippen molar-refractivity contribution in [3.8, 4) is 5.75 Å². The standard InChI is InChI=1S/C13H18FO/c1-4-11-6-7-12(15-5-2)8-13(11)10(3)9-14/h6-8,10H,3-5,9H2,1-2H3. The second-order valence-corrected chi connectivity index (χ2v) is 3.50. The van der Waals surface area contributed by atoms with Crippen LogP contribution in [0.5, 0.6) is 5.75 Å².